The molecule has 9 heteroatoms. The number of hydrogen-bond acceptors (Lipinski definition) is 6. The average Bonchev–Trinajstić information content (AvgIpc) is 3.25. The van der Waals surface area contributed by atoms with Crippen LogP contribution in [0.1, 0.15) is 30.4 Å². The van der Waals surface area contributed by atoms with Gasteiger partial charge in [-0.15, -0.1) is 24.2 Å². The van der Waals surface area contributed by atoms with Gasteiger partial charge in [-0.25, -0.2) is 9.37 Å². The van der Waals surface area contributed by atoms with Crippen molar-refractivity contribution in [1.82, 2.24) is 9.88 Å². The summed E-state index contributed by atoms with van der Waals surface area (Å²) in [5.41, 5.74) is 3.36. The van der Waals surface area contributed by atoms with E-state index in [1.165, 1.54) is 23.3 Å². The zero-order valence-electron chi connectivity index (χ0n) is 20.3. The van der Waals surface area contributed by atoms with E-state index in [9.17, 15) is 9.18 Å². The molecule has 2 aromatic carbocycles. The molecule has 0 saturated carbocycles. The summed E-state index contributed by atoms with van der Waals surface area (Å²) in [4.78, 5) is 23.5. The number of aromatic nitrogens is 1. The molecule has 35 heavy (non-hydrogen) atoms. The highest BCUT2D eigenvalue weighted by atomic mass is 35.5. The topological polar surface area (TPSA) is 45.7 Å². The number of carbonyl (C=O) groups excluding carboxylic acids is 1. The lowest BCUT2D eigenvalue weighted by molar-refractivity contribution is -0.118. The summed E-state index contributed by atoms with van der Waals surface area (Å²) >= 11 is 3.27. The number of hydrogen-bond donors (Lipinski definition) is 0. The Kier molecular flexibility index (Phi) is 10.8. The van der Waals surface area contributed by atoms with Crippen molar-refractivity contribution in [2.24, 2.45) is 0 Å². The van der Waals surface area contributed by atoms with E-state index in [2.05, 4.69) is 30.9 Å². The van der Waals surface area contributed by atoms with Crippen molar-refractivity contribution in [3.63, 3.8) is 0 Å². The summed E-state index contributed by atoms with van der Waals surface area (Å²) in [6, 6.07) is 10.8. The average molecular weight is 538 g/mol. The highest BCUT2D eigenvalue weighted by Gasteiger charge is 2.21. The first-order valence-electron chi connectivity index (χ1n) is 11.9. The van der Waals surface area contributed by atoms with Gasteiger partial charge in [0.25, 0.3) is 0 Å². The number of morpholine rings is 1. The molecule has 0 radical (unpaired) electrons. The summed E-state index contributed by atoms with van der Waals surface area (Å²) < 4.78 is 19.7. The molecule has 1 aliphatic rings. The van der Waals surface area contributed by atoms with E-state index in [0.29, 0.717) is 13.0 Å². The van der Waals surface area contributed by atoms with Gasteiger partial charge < -0.3 is 4.74 Å². The molecule has 0 aliphatic carbocycles. The van der Waals surface area contributed by atoms with E-state index in [1.807, 2.05) is 4.90 Å². The van der Waals surface area contributed by atoms with Crippen molar-refractivity contribution in [2.75, 3.05) is 50.0 Å². The van der Waals surface area contributed by atoms with Crippen LogP contribution in [0.25, 0.3) is 10.2 Å². The minimum Gasteiger partial charge on any atom is -0.379 e. The van der Waals surface area contributed by atoms with Crippen LogP contribution >= 0.6 is 35.5 Å². The van der Waals surface area contributed by atoms with Gasteiger partial charge in [0, 0.05) is 37.5 Å². The van der Waals surface area contributed by atoms with Crippen LogP contribution in [0.4, 0.5) is 9.52 Å². The number of fused-ring (bicyclic) bond motifs is 1. The molecule has 0 atom stereocenters. The molecule has 4 rings (SSSR count). The van der Waals surface area contributed by atoms with Crippen LogP contribution in [0, 0.1) is 19.7 Å². The fourth-order valence-electron chi connectivity index (χ4n) is 4.16. The fraction of sp³-hybridized carbons (Fsp3) is 0.462. The van der Waals surface area contributed by atoms with Crippen LogP contribution in [0.15, 0.2) is 41.3 Å². The molecule has 2 heterocycles. The second kappa shape index (κ2) is 13.6. The number of amides is 1. The SMILES string of the molecule is Cc1cc(C)c2sc(N(CCCN3CCOCC3)C(=O)CCCSc3ccc(F)cc3)nc2c1.Cl. The van der Waals surface area contributed by atoms with E-state index in [4.69, 9.17) is 9.72 Å². The number of rotatable bonds is 10. The molecule has 1 saturated heterocycles. The summed E-state index contributed by atoms with van der Waals surface area (Å²) in [6.45, 7) is 9.28. The van der Waals surface area contributed by atoms with Gasteiger partial charge in [-0.1, -0.05) is 17.4 Å². The third kappa shape index (κ3) is 7.89. The molecule has 0 bridgehead atoms. The van der Waals surface area contributed by atoms with Gasteiger partial charge in [0.15, 0.2) is 5.13 Å². The van der Waals surface area contributed by atoms with Gasteiger partial charge in [0.2, 0.25) is 5.91 Å². The second-order valence-corrected chi connectivity index (χ2v) is 10.8. The lowest BCUT2D eigenvalue weighted by Gasteiger charge is -2.27. The molecular weight excluding hydrogens is 505 g/mol. The number of aryl methyl sites for hydroxylation is 2. The summed E-state index contributed by atoms with van der Waals surface area (Å²) in [6.07, 6.45) is 2.15. The second-order valence-electron chi connectivity index (χ2n) is 8.69. The van der Waals surface area contributed by atoms with Gasteiger partial charge in [-0.3, -0.25) is 14.6 Å². The Morgan fingerprint density at radius 3 is 2.66 bits per heavy atom. The molecule has 190 valence electrons. The molecule has 1 fully saturated rings. The predicted octanol–water partition coefficient (Wildman–Crippen LogP) is 6.10. The first kappa shape index (κ1) is 27.9. The van der Waals surface area contributed by atoms with Gasteiger partial charge in [0.1, 0.15) is 5.82 Å². The van der Waals surface area contributed by atoms with Crippen LogP contribution < -0.4 is 4.90 Å². The number of nitrogens with zero attached hydrogens (tertiary/aromatic N) is 3. The Morgan fingerprint density at radius 1 is 1.17 bits per heavy atom. The number of halogens is 2. The summed E-state index contributed by atoms with van der Waals surface area (Å²) in [5.74, 6) is 0.709. The van der Waals surface area contributed by atoms with Gasteiger partial charge in [-0.05, 0) is 73.9 Å². The lowest BCUT2D eigenvalue weighted by atomic mass is 10.1. The standard InChI is InChI=1S/C26H32FN3O2S2.ClH/c1-19-17-20(2)25-23(18-19)28-26(34-25)30(11-4-10-29-12-14-32-15-13-29)24(31)5-3-16-33-22-8-6-21(27)7-9-22;/h6-9,17-18H,3-5,10-16H2,1-2H3;1H. The normalized spacial score (nSPS) is 14.1. The molecule has 1 amide bonds. The Morgan fingerprint density at radius 2 is 1.91 bits per heavy atom. The number of thioether (sulfide) groups is 1. The van der Waals surface area contributed by atoms with Crippen LogP contribution in [0.5, 0.6) is 0 Å². The summed E-state index contributed by atoms with van der Waals surface area (Å²) in [5, 5.41) is 0.793. The van der Waals surface area contributed by atoms with Crippen LogP contribution in [-0.2, 0) is 9.53 Å². The Labute approximate surface area is 221 Å². The van der Waals surface area contributed by atoms with Gasteiger partial charge in [0.05, 0.1) is 23.4 Å². The van der Waals surface area contributed by atoms with E-state index in [-0.39, 0.29) is 24.1 Å². The molecule has 0 spiro atoms. The van der Waals surface area contributed by atoms with Crippen LogP contribution in [0.2, 0.25) is 0 Å². The summed E-state index contributed by atoms with van der Waals surface area (Å²) in [7, 11) is 0. The highest BCUT2D eigenvalue weighted by Crippen LogP contribution is 2.33. The molecular formula is C26H33ClFN3O2S2. The number of carbonyl (C=O) groups is 1. The number of ether oxygens (including phenoxy) is 1. The van der Waals surface area contributed by atoms with Crippen molar-refractivity contribution in [2.45, 2.75) is 38.0 Å². The molecule has 3 aromatic rings. The van der Waals surface area contributed by atoms with E-state index in [0.717, 1.165) is 71.7 Å². The first-order valence-corrected chi connectivity index (χ1v) is 13.7. The molecule has 1 aliphatic heterocycles. The Bertz CT molecular complexity index is 1100. The van der Waals surface area contributed by atoms with Crippen molar-refractivity contribution < 1.29 is 13.9 Å². The maximum Gasteiger partial charge on any atom is 0.228 e. The maximum absolute atomic E-state index is 13.3. The highest BCUT2D eigenvalue weighted by molar-refractivity contribution is 7.99. The van der Waals surface area contributed by atoms with E-state index < -0.39 is 0 Å². The Balaban J connectivity index is 0.00000342. The van der Waals surface area contributed by atoms with Crippen molar-refractivity contribution >= 4 is 56.8 Å². The first-order chi connectivity index (χ1) is 16.5. The maximum atomic E-state index is 13.3. The number of thiazole rings is 1. The third-order valence-corrected chi connectivity index (χ3v) is 8.25. The van der Waals surface area contributed by atoms with Crippen LogP contribution in [-0.4, -0.2) is 60.9 Å². The number of benzene rings is 2. The predicted molar refractivity (Wildman–Crippen MR) is 147 cm³/mol. The van der Waals surface area contributed by atoms with Crippen molar-refractivity contribution in [1.29, 1.82) is 0 Å². The minimum absolute atomic E-state index is 0. The molecule has 0 unspecified atom stereocenters. The minimum atomic E-state index is -0.228. The number of anilines is 1. The Hall–Kier alpha value is -1.71. The van der Waals surface area contributed by atoms with E-state index >= 15 is 0 Å². The zero-order valence-corrected chi connectivity index (χ0v) is 22.7. The zero-order chi connectivity index (χ0) is 23.9. The van der Waals surface area contributed by atoms with Gasteiger partial charge in [-0.2, -0.15) is 0 Å². The van der Waals surface area contributed by atoms with Crippen molar-refractivity contribution in [3.8, 4) is 0 Å². The molecule has 5 nitrogen and oxygen atoms in total. The van der Waals surface area contributed by atoms with Crippen molar-refractivity contribution in [3.05, 3.63) is 53.3 Å². The lowest BCUT2D eigenvalue weighted by Crippen LogP contribution is -2.39. The molecule has 1 aromatic heterocycles. The van der Waals surface area contributed by atoms with E-state index in [1.54, 1.807) is 35.2 Å². The quantitative estimate of drug-likeness (QED) is 0.231. The largest absolute Gasteiger partial charge is 0.379 e. The fourth-order valence-corrected chi connectivity index (χ4v) is 6.08. The monoisotopic (exact) mass is 537 g/mol. The van der Waals surface area contributed by atoms with Crippen LogP contribution in [0.3, 0.4) is 0 Å². The van der Waals surface area contributed by atoms with Gasteiger partial charge >= 0.3 is 0 Å². The smallest absolute Gasteiger partial charge is 0.228 e. The molecule has 0 N–H and O–H groups in total. The third-order valence-electron chi connectivity index (χ3n) is 5.92.